The minimum absolute atomic E-state index is 0.128. The van der Waals surface area contributed by atoms with E-state index in [1.54, 1.807) is 34.6 Å². The van der Waals surface area contributed by atoms with E-state index >= 15 is 0 Å². The molecule has 18 atom stereocenters. The first-order valence-electron chi connectivity index (χ1n) is 19.1. The summed E-state index contributed by atoms with van der Waals surface area (Å²) in [6.07, 6.45) is -8.53. The van der Waals surface area contributed by atoms with Crippen molar-refractivity contribution < 1.29 is 63.6 Å². The van der Waals surface area contributed by atoms with Gasteiger partial charge in [-0.1, -0.05) is 32.9 Å². The minimum Gasteiger partial charge on any atom is -0.459 e. The van der Waals surface area contributed by atoms with E-state index in [1.165, 1.54) is 21.1 Å². The first kappa shape index (κ1) is 45.9. The summed E-state index contributed by atoms with van der Waals surface area (Å²) in [5.41, 5.74) is -3.99. The van der Waals surface area contributed by atoms with E-state index in [0.29, 0.717) is 6.42 Å². The van der Waals surface area contributed by atoms with Crippen molar-refractivity contribution >= 4 is 11.7 Å². The number of esters is 1. The van der Waals surface area contributed by atoms with Gasteiger partial charge in [-0.3, -0.25) is 4.79 Å². The van der Waals surface area contributed by atoms with E-state index in [0.717, 1.165) is 0 Å². The van der Waals surface area contributed by atoms with Crippen LogP contribution in [-0.4, -0.2) is 155 Å². The molecule has 310 valence electrons. The van der Waals surface area contributed by atoms with Gasteiger partial charge in [-0.2, -0.15) is 0 Å². The summed E-state index contributed by atoms with van der Waals surface area (Å²) in [6, 6.07) is -0.282. The maximum absolute atomic E-state index is 14.2. The molecule has 3 aliphatic heterocycles. The van der Waals surface area contributed by atoms with E-state index in [1.807, 2.05) is 46.7 Å². The molecule has 3 aliphatic rings. The van der Waals surface area contributed by atoms with Gasteiger partial charge in [0.05, 0.1) is 53.4 Å². The summed E-state index contributed by atoms with van der Waals surface area (Å²) < 4.78 is 44.1. The van der Waals surface area contributed by atoms with Crippen molar-refractivity contribution in [3.8, 4) is 0 Å². The van der Waals surface area contributed by atoms with Crippen LogP contribution in [0.15, 0.2) is 5.16 Å². The molecule has 0 radical (unpaired) electrons. The lowest BCUT2D eigenvalue weighted by molar-refractivity contribution is -0.319. The van der Waals surface area contributed by atoms with Crippen LogP contribution in [0.3, 0.4) is 0 Å². The molecule has 0 aromatic heterocycles. The Kier molecular flexibility index (Phi) is 15.7. The summed E-state index contributed by atoms with van der Waals surface area (Å²) in [5.74, 6) is -3.82. The number of carbonyl (C=O) groups is 1. The highest BCUT2D eigenvalue weighted by molar-refractivity contribution is 5.88. The van der Waals surface area contributed by atoms with Crippen molar-refractivity contribution in [2.75, 3.05) is 28.3 Å². The number of hydrogen-bond acceptors (Lipinski definition) is 15. The zero-order valence-electron chi connectivity index (χ0n) is 34.4. The third kappa shape index (κ3) is 9.73. The molecule has 3 saturated heterocycles. The summed E-state index contributed by atoms with van der Waals surface area (Å²) in [5, 5.41) is 59.8. The van der Waals surface area contributed by atoms with Crippen molar-refractivity contribution in [3.63, 3.8) is 0 Å². The fraction of sp³-hybridized carbons (Fsp3) is 0.947. The van der Waals surface area contributed by atoms with Crippen molar-refractivity contribution in [1.82, 2.24) is 4.90 Å². The maximum Gasteiger partial charge on any atom is 0.311 e. The Labute approximate surface area is 316 Å². The highest BCUT2D eigenvalue weighted by atomic mass is 16.7. The molecule has 0 aromatic rings. The van der Waals surface area contributed by atoms with Crippen LogP contribution in [0.25, 0.3) is 0 Å². The molecular weight excluding hydrogens is 692 g/mol. The molecule has 0 aromatic carbocycles. The third-order valence-electron chi connectivity index (χ3n) is 12.4. The van der Waals surface area contributed by atoms with Crippen LogP contribution in [0.4, 0.5) is 0 Å². The molecule has 3 rings (SSSR count). The van der Waals surface area contributed by atoms with Crippen molar-refractivity contribution in [2.24, 2.45) is 28.8 Å². The molecule has 15 heteroatoms. The molecular formula is C38H70N2O13. The standard InChI is InChI=1S/C38H70N2O13/c1-15-26-38(10,45)31(42)21(4)28(39-46)19(2)17-37(9,48-14)33(53-35-29(41)25(40(11)12)16-20(3)49-35)22(5)30(23(6)34(44)51-26)52-27-18-36(8,47-13)32(43)24(7)50-27/h19-27,29-33,35,41-43,45-46H,15-18H2,1-14H3/b39-28-/t19-,20-,21+,22-,23-,24+,25+,26-,27+,29-,30+,31+,32+,33-,35+,36-,37-,38-/m1/s1. The fourth-order valence-electron chi connectivity index (χ4n) is 8.78. The second kappa shape index (κ2) is 18.2. The Morgan fingerprint density at radius 3 is 2.02 bits per heavy atom. The number of nitrogens with zero attached hydrogens (tertiary/aromatic N) is 2. The number of aliphatic hydroxyl groups is 4. The Morgan fingerprint density at radius 1 is 0.887 bits per heavy atom. The van der Waals surface area contributed by atoms with Gasteiger partial charge in [-0.05, 0) is 74.9 Å². The molecule has 15 nitrogen and oxygen atoms in total. The van der Waals surface area contributed by atoms with Crippen molar-refractivity contribution in [3.05, 3.63) is 0 Å². The maximum atomic E-state index is 14.2. The molecule has 0 unspecified atom stereocenters. The fourth-order valence-corrected chi connectivity index (χ4v) is 8.78. The normalized spacial score (nSPS) is 49.1. The van der Waals surface area contributed by atoms with Gasteiger partial charge in [0.1, 0.15) is 23.9 Å². The first-order chi connectivity index (χ1) is 24.5. The van der Waals surface area contributed by atoms with Crippen LogP contribution in [0.5, 0.6) is 0 Å². The molecule has 0 saturated carbocycles. The monoisotopic (exact) mass is 762 g/mol. The zero-order chi connectivity index (χ0) is 40.4. The number of hydrogen-bond donors (Lipinski definition) is 5. The van der Waals surface area contributed by atoms with Gasteiger partial charge in [0.15, 0.2) is 12.6 Å². The molecule has 3 fully saturated rings. The first-order valence-corrected chi connectivity index (χ1v) is 19.1. The smallest absolute Gasteiger partial charge is 0.311 e. The van der Waals surface area contributed by atoms with Crippen LogP contribution in [0, 0.1) is 23.7 Å². The molecule has 3 heterocycles. The summed E-state index contributed by atoms with van der Waals surface area (Å²) >= 11 is 0. The van der Waals surface area contributed by atoms with Gasteiger partial charge in [0.25, 0.3) is 0 Å². The molecule has 53 heavy (non-hydrogen) atoms. The Hall–Kier alpha value is -1.50. The van der Waals surface area contributed by atoms with Gasteiger partial charge in [0, 0.05) is 44.4 Å². The largest absolute Gasteiger partial charge is 0.459 e. The number of aliphatic hydroxyl groups excluding tert-OH is 3. The van der Waals surface area contributed by atoms with E-state index in [2.05, 4.69) is 5.16 Å². The van der Waals surface area contributed by atoms with Crippen LogP contribution in [-0.2, 0) is 38.0 Å². The average molecular weight is 763 g/mol. The number of likely N-dealkylation sites (N-methyl/N-ethyl adjacent to an activating group) is 1. The molecule has 0 spiro atoms. The zero-order valence-corrected chi connectivity index (χ0v) is 34.4. The second-order valence-corrected chi connectivity index (χ2v) is 16.8. The topological polar surface area (TPSA) is 198 Å². The highest BCUT2D eigenvalue weighted by Gasteiger charge is 2.54. The summed E-state index contributed by atoms with van der Waals surface area (Å²) in [4.78, 5) is 16.2. The highest BCUT2D eigenvalue weighted by Crippen LogP contribution is 2.42. The summed E-state index contributed by atoms with van der Waals surface area (Å²) in [6.45, 7) is 17.3. The van der Waals surface area contributed by atoms with Crippen LogP contribution < -0.4 is 0 Å². The van der Waals surface area contributed by atoms with Gasteiger partial charge in [0.2, 0.25) is 0 Å². The predicted octanol–water partition coefficient (Wildman–Crippen LogP) is 2.70. The van der Waals surface area contributed by atoms with Crippen LogP contribution >= 0.6 is 0 Å². The number of cyclic esters (lactones) is 1. The van der Waals surface area contributed by atoms with E-state index in [4.69, 9.17) is 33.2 Å². The Balaban J connectivity index is 2.25. The van der Waals surface area contributed by atoms with E-state index < -0.39 is 102 Å². The second-order valence-electron chi connectivity index (χ2n) is 16.8. The Bertz CT molecular complexity index is 1220. The lowest BCUT2D eigenvalue weighted by Gasteiger charge is -2.50. The number of oxime groups is 1. The number of ether oxygens (including phenoxy) is 7. The van der Waals surface area contributed by atoms with Gasteiger partial charge < -0.3 is 63.7 Å². The van der Waals surface area contributed by atoms with Crippen molar-refractivity contribution in [1.29, 1.82) is 0 Å². The van der Waals surface area contributed by atoms with Gasteiger partial charge in [-0.25, -0.2) is 0 Å². The molecule has 0 bridgehead atoms. The molecule has 0 aliphatic carbocycles. The van der Waals surface area contributed by atoms with E-state index in [-0.39, 0.29) is 37.1 Å². The lowest BCUT2D eigenvalue weighted by Crippen LogP contribution is -2.61. The van der Waals surface area contributed by atoms with Crippen LogP contribution in [0.2, 0.25) is 0 Å². The number of carbonyl (C=O) groups excluding carboxylic acids is 1. The molecule has 0 amide bonds. The van der Waals surface area contributed by atoms with E-state index in [9.17, 15) is 30.4 Å². The third-order valence-corrected chi connectivity index (χ3v) is 12.4. The van der Waals surface area contributed by atoms with Gasteiger partial charge >= 0.3 is 5.97 Å². The Morgan fingerprint density at radius 2 is 1.49 bits per heavy atom. The number of methoxy groups -OCH3 is 2. The molecule has 5 N–H and O–H groups in total. The lowest BCUT2D eigenvalue weighted by atomic mass is 9.73. The quantitative estimate of drug-likeness (QED) is 0.137. The van der Waals surface area contributed by atoms with Crippen molar-refractivity contribution in [2.45, 2.75) is 179 Å². The minimum atomic E-state index is -1.94. The average Bonchev–Trinajstić information content (AvgIpc) is 3.10. The SMILES string of the molecule is CC[C@H]1OC(=O)[C@H](C)[C@@H](O[C@H]2C[C@@](C)(OC)[C@@H](O)[C@H](C)O2)[C@@H](C)[C@@H](O[C@@H]2O[C@H](C)C[C@H](N(C)C)[C@H]2O)[C@](C)(OC)C[C@@H](C)/C(=N/O)[C@H](C)[C@H](O)[C@]1(C)O. The summed E-state index contributed by atoms with van der Waals surface area (Å²) in [7, 11) is 6.80. The number of rotatable bonds is 8. The predicted molar refractivity (Wildman–Crippen MR) is 195 cm³/mol. The van der Waals surface area contributed by atoms with Crippen LogP contribution in [0.1, 0.15) is 94.9 Å². The van der Waals surface area contributed by atoms with Gasteiger partial charge in [-0.15, -0.1) is 0 Å².